The molecule has 1 heteroatoms. The summed E-state index contributed by atoms with van der Waals surface area (Å²) in [6.45, 7) is 0. The van der Waals surface area contributed by atoms with Crippen LogP contribution in [0.3, 0.4) is 0 Å². The number of hydrogen-bond donors (Lipinski definition) is 0. The molecule has 0 saturated heterocycles. The summed E-state index contributed by atoms with van der Waals surface area (Å²) in [6, 6.07) is 78.4. The Labute approximate surface area is 322 Å². The van der Waals surface area contributed by atoms with Crippen LogP contribution in [0.5, 0.6) is 0 Å². The maximum absolute atomic E-state index is 2.44. The molecule has 0 aliphatic heterocycles. The number of benzene rings is 9. The standard InChI is InChI=1S/C54H37N/c1-4-17-42(18-5-1)54(43-19-6-2-7-20-43)51-25-11-10-23-47(51)48-33-32-46(36-52(48)54)55(44-21-8-3-9-22-44)45-30-28-37(29-31-45)39-26-27-40-34-41-16-12-14-38-15-13-24-49(53(38)41)50(40)35-39/h1-33,35-36H,34H2. The van der Waals surface area contributed by atoms with Gasteiger partial charge in [0.05, 0.1) is 5.41 Å². The highest BCUT2D eigenvalue weighted by molar-refractivity contribution is 6.02. The second kappa shape index (κ2) is 12.6. The number of hydrogen-bond acceptors (Lipinski definition) is 1. The second-order valence-corrected chi connectivity index (χ2v) is 14.8. The fourth-order valence-corrected chi connectivity index (χ4v) is 9.56. The quantitative estimate of drug-likeness (QED) is 0.167. The second-order valence-electron chi connectivity index (χ2n) is 14.8. The van der Waals surface area contributed by atoms with E-state index < -0.39 is 5.41 Å². The van der Waals surface area contributed by atoms with Gasteiger partial charge in [-0.15, -0.1) is 0 Å². The van der Waals surface area contributed by atoms with Crippen LogP contribution in [-0.4, -0.2) is 0 Å². The summed E-state index contributed by atoms with van der Waals surface area (Å²) in [4.78, 5) is 2.40. The van der Waals surface area contributed by atoms with Crippen LogP contribution >= 0.6 is 0 Å². The van der Waals surface area contributed by atoms with Gasteiger partial charge in [0.25, 0.3) is 0 Å². The van der Waals surface area contributed by atoms with Crippen LogP contribution in [0.2, 0.25) is 0 Å². The summed E-state index contributed by atoms with van der Waals surface area (Å²) in [7, 11) is 0. The maximum Gasteiger partial charge on any atom is 0.0714 e. The lowest BCUT2D eigenvalue weighted by atomic mass is 9.67. The first-order valence-electron chi connectivity index (χ1n) is 19.2. The summed E-state index contributed by atoms with van der Waals surface area (Å²) >= 11 is 0. The largest absolute Gasteiger partial charge is 0.310 e. The maximum atomic E-state index is 2.44. The van der Waals surface area contributed by atoms with Crippen molar-refractivity contribution in [3.63, 3.8) is 0 Å². The Morgan fingerprint density at radius 2 is 0.927 bits per heavy atom. The van der Waals surface area contributed by atoms with Gasteiger partial charge in [-0.3, -0.25) is 0 Å². The summed E-state index contributed by atoms with van der Waals surface area (Å²) in [5, 5.41) is 2.71. The first-order chi connectivity index (χ1) is 27.3. The number of rotatable bonds is 6. The molecule has 258 valence electrons. The van der Waals surface area contributed by atoms with E-state index in [1.54, 1.807) is 0 Å². The van der Waals surface area contributed by atoms with Gasteiger partial charge in [-0.1, -0.05) is 170 Å². The zero-order valence-electron chi connectivity index (χ0n) is 30.4. The predicted octanol–water partition coefficient (Wildman–Crippen LogP) is 13.9. The molecule has 1 nitrogen and oxygen atoms in total. The van der Waals surface area contributed by atoms with Crippen molar-refractivity contribution in [2.75, 3.05) is 4.90 Å². The Kier molecular flexibility index (Phi) is 7.22. The van der Waals surface area contributed by atoms with Crippen LogP contribution in [0, 0.1) is 0 Å². The van der Waals surface area contributed by atoms with E-state index in [1.807, 2.05) is 0 Å². The molecule has 0 atom stereocenters. The topological polar surface area (TPSA) is 3.24 Å². The molecule has 0 heterocycles. The van der Waals surface area contributed by atoms with Crippen LogP contribution in [0.15, 0.2) is 212 Å². The van der Waals surface area contributed by atoms with Gasteiger partial charge in [0.1, 0.15) is 0 Å². The highest BCUT2D eigenvalue weighted by atomic mass is 15.1. The first-order valence-corrected chi connectivity index (χ1v) is 19.2. The molecule has 2 aliphatic rings. The summed E-state index contributed by atoms with van der Waals surface area (Å²) in [5.41, 5.74) is 18.6. The number of nitrogens with zero attached hydrogens (tertiary/aromatic N) is 1. The Morgan fingerprint density at radius 3 is 1.67 bits per heavy atom. The zero-order chi connectivity index (χ0) is 36.3. The van der Waals surface area contributed by atoms with Crippen LogP contribution in [0.1, 0.15) is 33.4 Å². The van der Waals surface area contributed by atoms with Crippen molar-refractivity contribution in [3.8, 4) is 33.4 Å². The lowest BCUT2D eigenvalue weighted by Gasteiger charge is -2.35. The summed E-state index contributed by atoms with van der Waals surface area (Å²) in [5.74, 6) is 0. The van der Waals surface area contributed by atoms with E-state index in [4.69, 9.17) is 0 Å². The Morgan fingerprint density at radius 1 is 0.345 bits per heavy atom. The van der Waals surface area contributed by atoms with E-state index in [0.29, 0.717) is 0 Å². The molecule has 0 radical (unpaired) electrons. The normalized spacial score (nSPS) is 13.2. The van der Waals surface area contributed by atoms with Gasteiger partial charge in [0.15, 0.2) is 0 Å². The number of anilines is 3. The average Bonchev–Trinajstić information content (AvgIpc) is 3.55. The third-order valence-electron chi connectivity index (χ3n) is 11.9. The zero-order valence-corrected chi connectivity index (χ0v) is 30.4. The van der Waals surface area contributed by atoms with Crippen LogP contribution in [0.25, 0.3) is 44.2 Å². The van der Waals surface area contributed by atoms with Gasteiger partial charge in [-0.25, -0.2) is 0 Å². The molecule has 0 amide bonds. The number of fused-ring (bicyclic) bond motifs is 5. The summed E-state index contributed by atoms with van der Waals surface area (Å²) < 4.78 is 0. The molecule has 0 N–H and O–H groups in total. The van der Waals surface area contributed by atoms with Crippen LogP contribution in [-0.2, 0) is 11.8 Å². The highest BCUT2D eigenvalue weighted by Gasteiger charge is 2.46. The van der Waals surface area contributed by atoms with Crippen LogP contribution < -0.4 is 4.90 Å². The Hall–Kier alpha value is -6.96. The van der Waals surface area contributed by atoms with Crippen molar-refractivity contribution in [2.24, 2.45) is 0 Å². The lowest BCUT2D eigenvalue weighted by molar-refractivity contribution is 0.768. The van der Waals surface area contributed by atoms with E-state index in [9.17, 15) is 0 Å². The number of para-hydroxylation sites is 1. The minimum atomic E-state index is -0.464. The Balaban J connectivity index is 1.05. The molecule has 2 aliphatic carbocycles. The minimum absolute atomic E-state index is 0.464. The van der Waals surface area contributed by atoms with E-state index in [0.717, 1.165) is 23.5 Å². The van der Waals surface area contributed by atoms with Crippen molar-refractivity contribution in [2.45, 2.75) is 11.8 Å². The van der Waals surface area contributed by atoms with Gasteiger partial charge in [-0.05, 0) is 126 Å². The molecule has 0 aromatic heterocycles. The van der Waals surface area contributed by atoms with Crippen molar-refractivity contribution < 1.29 is 0 Å². The van der Waals surface area contributed by atoms with Crippen molar-refractivity contribution in [1.82, 2.24) is 0 Å². The molecule has 0 spiro atoms. The average molecular weight is 700 g/mol. The minimum Gasteiger partial charge on any atom is -0.310 e. The SMILES string of the molecule is c1ccc(N(c2ccc(-c3ccc4c(c3)-c3cccc5cccc(c35)C4)cc2)c2ccc3c(c2)C(c2ccccc2)(c2ccccc2)c2ccccc2-3)cc1. The van der Waals surface area contributed by atoms with E-state index >= 15 is 0 Å². The fraction of sp³-hybridized carbons (Fsp3) is 0.0370. The fourth-order valence-electron chi connectivity index (χ4n) is 9.56. The summed E-state index contributed by atoms with van der Waals surface area (Å²) in [6.07, 6.45) is 0.969. The lowest BCUT2D eigenvalue weighted by Crippen LogP contribution is -2.28. The third-order valence-corrected chi connectivity index (χ3v) is 11.9. The van der Waals surface area contributed by atoms with E-state index in [2.05, 4.69) is 217 Å². The highest BCUT2D eigenvalue weighted by Crippen LogP contribution is 2.57. The smallest absolute Gasteiger partial charge is 0.0714 e. The molecule has 9 aromatic carbocycles. The Bertz CT molecular complexity index is 2830. The molecular weight excluding hydrogens is 663 g/mol. The van der Waals surface area contributed by atoms with Crippen LogP contribution in [0.4, 0.5) is 17.1 Å². The van der Waals surface area contributed by atoms with Crippen molar-refractivity contribution in [3.05, 3.63) is 246 Å². The molecule has 55 heavy (non-hydrogen) atoms. The van der Waals surface area contributed by atoms with E-state index in [1.165, 1.54) is 77.5 Å². The molecule has 11 rings (SSSR count). The van der Waals surface area contributed by atoms with Gasteiger partial charge < -0.3 is 4.90 Å². The first kappa shape index (κ1) is 31.6. The van der Waals surface area contributed by atoms with Gasteiger partial charge >= 0.3 is 0 Å². The predicted molar refractivity (Wildman–Crippen MR) is 230 cm³/mol. The van der Waals surface area contributed by atoms with Gasteiger partial charge in [0, 0.05) is 17.1 Å². The van der Waals surface area contributed by atoms with Crippen molar-refractivity contribution in [1.29, 1.82) is 0 Å². The van der Waals surface area contributed by atoms with Gasteiger partial charge in [0.2, 0.25) is 0 Å². The molecule has 0 saturated carbocycles. The molecule has 0 unspecified atom stereocenters. The molecule has 9 aromatic rings. The third kappa shape index (κ3) is 4.87. The van der Waals surface area contributed by atoms with Gasteiger partial charge in [-0.2, -0.15) is 0 Å². The molecule has 0 fully saturated rings. The monoisotopic (exact) mass is 699 g/mol. The van der Waals surface area contributed by atoms with Crippen molar-refractivity contribution >= 4 is 27.8 Å². The molecule has 0 bridgehead atoms. The molecular formula is C54H37N. The van der Waals surface area contributed by atoms with E-state index in [-0.39, 0.29) is 0 Å².